The van der Waals surface area contributed by atoms with Crippen LogP contribution in [0.4, 0.5) is 0 Å². The van der Waals surface area contributed by atoms with Crippen molar-refractivity contribution in [2.75, 3.05) is 6.54 Å². The standard InChI is InChI=1S/C15H15N/c1-13-5-2-3-6-14(11-13)8-9-15-7-4-10-16-12-15/h2-10H,1,11-12H2/b14-8-,15-9-. The molecule has 0 aromatic rings. The van der Waals surface area contributed by atoms with Gasteiger partial charge in [0.25, 0.3) is 0 Å². The zero-order valence-corrected chi connectivity index (χ0v) is 9.26. The number of nitrogens with zero attached hydrogens (tertiary/aromatic N) is 1. The van der Waals surface area contributed by atoms with E-state index in [9.17, 15) is 0 Å². The number of dihydropyridines is 1. The summed E-state index contributed by atoms with van der Waals surface area (Å²) in [6.45, 7) is 4.77. The van der Waals surface area contributed by atoms with Crippen LogP contribution in [-0.2, 0) is 0 Å². The van der Waals surface area contributed by atoms with Crippen molar-refractivity contribution in [2.24, 2.45) is 4.99 Å². The highest BCUT2D eigenvalue weighted by molar-refractivity contribution is 5.73. The molecule has 1 heteroatoms. The van der Waals surface area contributed by atoms with E-state index in [1.165, 1.54) is 11.1 Å². The zero-order chi connectivity index (χ0) is 11.2. The second-order valence-electron chi connectivity index (χ2n) is 3.89. The molecule has 0 spiro atoms. The van der Waals surface area contributed by atoms with Crippen LogP contribution in [0.5, 0.6) is 0 Å². The molecule has 0 saturated heterocycles. The number of aliphatic imine (C=N–C) groups is 1. The molecule has 80 valence electrons. The molecule has 2 rings (SSSR count). The lowest BCUT2D eigenvalue weighted by atomic mass is 10.1. The van der Waals surface area contributed by atoms with E-state index >= 15 is 0 Å². The Morgan fingerprint density at radius 2 is 1.75 bits per heavy atom. The monoisotopic (exact) mass is 209 g/mol. The molecule has 1 aliphatic heterocycles. The minimum absolute atomic E-state index is 0.781. The minimum Gasteiger partial charge on any atom is -0.288 e. The van der Waals surface area contributed by atoms with E-state index in [4.69, 9.17) is 0 Å². The van der Waals surface area contributed by atoms with Crippen LogP contribution >= 0.6 is 0 Å². The van der Waals surface area contributed by atoms with E-state index in [1.807, 2.05) is 18.4 Å². The third kappa shape index (κ3) is 3.06. The van der Waals surface area contributed by atoms with Crippen LogP contribution < -0.4 is 0 Å². The van der Waals surface area contributed by atoms with E-state index in [-0.39, 0.29) is 0 Å². The van der Waals surface area contributed by atoms with Gasteiger partial charge in [0, 0.05) is 6.21 Å². The van der Waals surface area contributed by atoms with Crippen LogP contribution in [0.1, 0.15) is 6.42 Å². The van der Waals surface area contributed by atoms with E-state index in [0.717, 1.165) is 18.5 Å². The molecule has 0 saturated carbocycles. The summed E-state index contributed by atoms with van der Waals surface area (Å²) >= 11 is 0. The third-order valence-electron chi connectivity index (χ3n) is 2.47. The lowest BCUT2D eigenvalue weighted by Gasteiger charge is -2.01. The third-order valence-corrected chi connectivity index (χ3v) is 2.47. The van der Waals surface area contributed by atoms with Gasteiger partial charge in [0.15, 0.2) is 0 Å². The maximum Gasteiger partial charge on any atom is 0.0639 e. The van der Waals surface area contributed by atoms with Gasteiger partial charge in [-0.15, -0.1) is 0 Å². The summed E-state index contributed by atoms with van der Waals surface area (Å²) in [5.74, 6) is 0. The first-order valence-electron chi connectivity index (χ1n) is 5.43. The molecular weight excluding hydrogens is 194 g/mol. The maximum atomic E-state index is 4.20. The van der Waals surface area contributed by atoms with E-state index < -0.39 is 0 Å². The average molecular weight is 209 g/mol. The van der Waals surface area contributed by atoms with Gasteiger partial charge in [0.05, 0.1) is 6.54 Å². The first-order chi connectivity index (χ1) is 7.84. The van der Waals surface area contributed by atoms with Gasteiger partial charge in [-0.25, -0.2) is 0 Å². The molecule has 1 aliphatic carbocycles. The first kappa shape index (κ1) is 10.6. The lowest BCUT2D eigenvalue weighted by Crippen LogP contribution is -1.90. The van der Waals surface area contributed by atoms with Gasteiger partial charge in [0.1, 0.15) is 0 Å². The van der Waals surface area contributed by atoms with Crippen LogP contribution in [0.25, 0.3) is 0 Å². The Morgan fingerprint density at radius 3 is 2.56 bits per heavy atom. The van der Waals surface area contributed by atoms with Crippen molar-refractivity contribution in [1.82, 2.24) is 0 Å². The summed E-state index contributed by atoms with van der Waals surface area (Å²) in [5, 5.41) is 0. The quantitative estimate of drug-likeness (QED) is 0.626. The summed E-state index contributed by atoms with van der Waals surface area (Å²) in [6.07, 6.45) is 19.4. The molecule has 0 N–H and O–H groups in total. The van der Waals surface area contributed by atoms with Gasteiger partial charge in [-0.3, -0.25) is 4.99 Å². The fraction of sp³-hybridized carbons (Fsp3) is 0.133. The van der Waals surface area contributed by atoms with Gasteiger partial charge in [-0.1, -0.05) is 54.7 Å². The summed E-state index contributed by atoms with van der Waals surface area (Å²) in [7, 11) is 0. The van der Waals surface area contributed by atoms with Gasteiger partial charge < -0.3 is 0 Å². The minimum atomic E-state index is 0.781. The molecule has 0 aromatic carbocycles. The van der Waals surface area contributed by atoms with E-state index in [1.54, 1.807) is 0 Å². The van der Waals surface area contributed by atoms with Gasteiger partial charge in [-0.05, 0) is 23.6 Å². The highest BCUT2D eigenvalue weighted by Crippen LogP contribution is 2.16. The summed E-state index contributed by atoms with van der Waals surface area (Å²) in [5.41, 5.74) is 3.67. The van der Waals surface area contributed by atoms with Gasteiger partial charge in [-0.2, -0.15) is 0 Å². The Bertz CT molecular complexity index is 454. The molecule has 0 radical (unpaired) electrons. The van der Waals surface area contributed by atoms with Crippen molar-refractivity contribution < 1.29 is 0 Å². The number of allylic oxidation sites excluding steroid dienone is 9. The Kier molecular flexibility index (Phi) is 3.50. The van der Waals surface area contributed by atoms with Crippen molar-refractivity contribution >= 4 is 6.21 Å². The Labute approximate surface area is 96.6 Å². The molecule has 0 fully saturated rings. The van der Waals surface area contributed by atoms with Crippen molar-refractivity contribution in [1.29, 1.82) is 0 Å². The first-order valence-corrected chi connectivity index (χ1v) is 5.43. The Hall–Kier alpha value is -1.89. The molecule has 1 nitrogen and oxygen atoms in total. The van der Waals surface area contributed by atoms with Crippen LogP contribution in [0.15, 0.2) is 76.9 Å². The molecule has 16 heavy (non-hydrogen) atoms. The van der Waals surface area contributed by atoms with Crippen LogP contribution in [0, 0.1) is 0 Å². The molecule has 2 aliphatic rings. The normalized spacial score (nSPS) is 24.4. The van der Waals surface area contributed by atoms with E-state index in [2.05, 4.69) is 48.0 Å². The number of hydrogen-bond donors (Lipinski definition) is 0. The van der Waals surface area contributed by atoms with Gasteiger partial charge in [0.2, 0.25) is 0 Å². The fourth-order valence-electron chi connectivity index (χ4n) is 1.63. The van der Waals surface area contributed by atoms with Crippen molar-refractivity contribution in [3.8, 4) is 0 Å². The molecule has 0 atom stereocenters. The maximum absolute atomic E-state index is 4.20. The Balaban J connectivity index is 2.10. The number of hydrogen-bond acceptors (Lipinski definition) is 1. The molecule has 0 amide bonds. The molecule has 0 aromatic heterocycles. The molecule has 0 unspecified atom stereocenters. The topological polar surface area (TPSA) is 12.4 Å². The van der Waals surface area contributed by atoms with E-state index in [0.29, 0.717) is 0 Å². The van der Waals surface area contributed by atoms with Gasteiger partial charge >= 0.3 is 0 Å². The van der Waals surface area contributed by atoms with Crippen molar-refractivity contribution in [3.63, 3.8) is 0 Å². The highest BCUT2D eigenvalue weighted by atomic mass is 14.7. The molecule has 1 heterocycles. The highest BCUT2D eigenvalue weighted by Gasteiger charge is 1.98. The number of rotatable bonds is 1. The SMILES string of the molecule is C=C1C=CC=C/C(=C/C=C2/C=CC=NC2)C1. The summed E-state index contributed by atoms with van der Waals surface area (Å²) < 4.78 is 0. The average Bonchev–Trinajstić information content (AvgIpc) is 2.52. The van der Waals surface area contributed by atoms with Crippen molar-refractivity contribution in [2.45, 2.75) is 6.42 Å². The fourth-order valence-corrected chi connectivity index (χ4v) is 1.63. The summed E-state index contributed by atoms with van der Waals surface area (Å²) in [6, 6.07) is 0. The van der Waals surface area contributed by atoms with Crippen LogP contribution in [-0.4, -0.2) is 12.8 Å². The Morgan fingerprint density at radius 1 is 1.00 bits per heavy atom. The van der Waals surface area contributed by atoms with Crippen LogP contribution in [0.3, 0.4) is 0 Å². The predicted molar refractivity (Wildman–Crippen MR) is 70.7 cm³/mol. The molecule has 0 bridgehead atoms. The van der Waals surface area contributed by atoms with Crippen molar-refractivity contribution in [3.05, 3.63) is 71.9 Å². The lowest BCUT2D eigenvalue weighted by molar-refractivity contribution is 1.17. The second-order valence-corrected chi connectivity index (χ2v) is 3.89. The summed E-state index contributed by atoms with van der Waals surface area (Å²) in [4.78, 5) is 4.20. The smallest absolute Gasteiger partial charge is 0.0639 e. The largest absolute Gasteiger partial charge is 0.288 e. The second kappa shape index (κ2) is 5.26. The molecular formula is C15H15N. The zero-order valence-electron chi connectivity index (χ0n) is 9.26. The predicted octanol–water partition coefficient (Wildman–Crippen LogP) is 3.55. The van der Waals surface area contributed by atoms with Crippen LogP contribution in [0.2, 0.25) is 0 Å².